The minimum absolute atomic E-state index is 0.403. The number of hydrogen-bond acceptors (Lipinski definition) is 3. The Morgan fingerprint density at radius 1 is 1.56 bits per heavy atom. The fraction of sp³-hybridized carbons (Fsp3) is 0.250. The molecule has 0 amide bonds. The Bertz CT molecular complexity index is 402. The molecule has 1 aromatic carbocycles. The summed E-state index contributed by atoms with van der Waals surface area (Å²) in [6.07, 6.45) is 4.97. The highest BCUT2D eigenvalue weighted by atomic mass is 79.9. The van der Waals surface area contributed by atoms with Crippen LogP contribution >= 0.6 is 15.9 Å². The predicted molar refractivity (Wildman–Crippen MR) is 69.6 cm³/mol. The van der Waals surface area contributed by atoms with E-state index in [2.05, 4.69) is 20.7 Å². The van der Waals surface area contributed by atoms with Crippen molar-refractivity contribution in [3.05, 3.63) is 35.4 Å². The van der Waals surface area contributed by atoms with Crippen molar-refractivity contribution in [2.75, 3.05) is 18.2 Å². The summed E-state index contributed by atoms with van der Waals surface area (Å²) < 4.78 is 4.61. The van der Waals surface area contributed by atoms with E-state index in [1.807, 2.05) is 18.2 Å². The topological polar surface area (TPSA) is 52.3 Å². The number of alkyl halides is 1. The molecule has 0 fully saturated rings. The van der Waals surface area contributed by atoms with Crippen molar-refractivity contribution in [2.24, 2.45) is 0 Å². The number of allylic oxidation sites excluding steroid dienone is 1. The highest BCUT2D eigenvalue weighted by Crippen LogP contribution is 2.16. The normalized spacial score (nSPS) is 10.6. The summed E-state index contributed by atoms with van der Waals surface area (Å²) in [5.74, 6) is -0.409. The average molecular weight is 284 g/mol. The number of esters is 1. The Morgan fingerprint density at radius 3 is 2.88 bits per heavy atom. The van der Waals surface area contributed by atoms with Crippen molar-refractivity contribution in [1.29, 1.82) is 0 Å². The lowest BCUT2D eigenvalue weighted by molar-refractivity contribution is 0.0602. The van der Waals surface area contributed by atoms with Gasteiger partial charge in [0.25, 0.3) is 0 Å². The zero-order valence-electron chi connectivity index (χ0n) is 9.07. The number of halogens is 1. The van der Waals surface area contributed by atoms with Crippen molar-refractivity contribution in [2.45, 2.75) is 6.42 Å². The van der Waals surface area contributed by atoms with Crippen LogP contribution in [0.5, 0.6) is 0 Å². The number of carbonyl (C=O) groups is 1. The van der Waals surface area contributed by atoms with E-state index in [1.165, 1.54) is 7.11 Å². The average Bonchev–Trinajstić information content (AvgIpc) is 2.29. The Labute approximate surface area is 103 Å². The Kier molecular flexibility index (Phi) is 5.05. The molecule has 0 atom stereocenters. The van der Waals surface area contributed by atoms with Gasteiger partial charge in [0.05, 0.1) is 12.7 Å². The summed E-state index contributed by atoms with van der Waals surface area (Å²) in [6, 6.07) is 5.28. The molecule has 3 nitrogen and oxygen atoms in total. The second-order valence-electron chi connectivity index (χ2n) is 3.22. The summed E-state index contributed by atoms with van der Waals surface area (Å²) in [7, 11) is 1.34. The number of benzene rings is 1. The molecule has 2 N–H and O–H groups in total. The molecule has 0 aromatic heterocycles. The Hall–Kier alpha value is -1.29. The van der Waals surface area contributed by atoms with Gasteiger partial charge in [-0.25, -0.2) is 4.79 Å². The molecule has 0 unspecified atom stereocenters. The molecule has 0 saturated heterocycles. The van der Waals surface area contributed by atoms with Crippen LogP contribution in [0.3, 0.4) is 0 Å². The first-order chi connectivity index (χ1) is 7.69. The molecular weight excluding hydrogens is 270 g/mol. The zero-order chi connectivity index (χ0) is 12.0. The van der Waals surface area contributed by atoms with Crippen molar-refractivity contribution in [1.82, 2.24) is 0 Å². The number of methoxy groups -OCH3 is 1. The second-order valence-corrected chi connectivity index (χ2v) is 4.01. The summed E-state index contributed by atoms with van der Waals surface area (Å²) in [5.41, 5.74) is 7.58. The van der Waals surface area contributed by atoms with Gasteiger partial charge in [0.1, 0.15) is 0 Å². The minimum Gasteiger partial charge on any atom is -0.465 e. The van der Waals surface area contributed by atoms with E-state index in [9.17, 15) is 4.79 Å². The van der Waals surface area contributed by atoms with E-state index in [4.69, 9.17) is 5.73 Å². The molecule has 0 saturated carbocycles. The number of nitrogen functional groups attached to an aromatic ring is 1. The second kappa shape index (κ2) is 6.33. The van der Waals surface area contributed by atoms with Gasteiger partial charge in [-0.3, -0.25) is 0 Å². The molecule has 0 aliphatic rings. The van der Waals surface area contributed by atoms with Crippen LogP contribution in [-0.4, -0.2) is 18.4 Å². The van der Waals surface area contributed by atoms with Crippen LogP contribution in [0.25, 0.3) is 6.08 Å². The predicted octanol–water partition coefficient (Wildman–Crippen LogP) is 2.85. The van der Waals surface area contributed by atoms with Gasteiger partial charge in [0.15, 0.2) is 0 Å². The van der Waals surface area contributed by atoms with Crippen molar-refractivity contribution < 1.29 is 9.53 Å². The molecule has 1 rings (SSSR count). The third kappa shape index (κ3) is 3.38. The maximum Gasteiger partial charge on any atom is 0.339 e. The van der Waals surface area contributed by atoms with E-state index >= 15 is 0 Å². The largest absolute Gasteiger partial charge is 0.465 e. The molecule has 0 bridgehead atoms. The van der Waals surface area contributed by atoms with E-state index in [-0.39, 0.29) is 0 Å². The summed E-state index contributed by atoms with van der Waals surface area (Å²) in [4.78, 5) is 11.3. The summed E-state index contributed by atoms with van der Waals surface area (Å²) >= 11 is 3.34. The fourth-order valence-electron chi connectivity index (χ4n) is 1.26. The molecule has 0 spiro atoms. The van der Waals surface area contributed by atoms with Crippen LogP contribution in [0.15, 0.2) is 24.3 Å². The van der Waals surface area contributed by atoms with Gasteiger partial charge >= 0.3 is 5.97 Å². The van der Waals surface area contributed by atoms with Gasteiger partial charge in [0, 0.05) is 11.0 Å². The molecule has 1 aromatic rings. The van der Waals surface area contributed by atoms with Crippen molar-refractivity contribution in [3.63, 3.8) is 0 Å². The van der Waals surface area contributed by atoms with Crippen LogP contribution in [-0.2, 0) is 4.74 Å². The number of hydrogen-bond donors (Lipinski definition) is 1. The van der Waals surface area contributed by atoms with Gasteiger partial charge in [-0.2, -0.15) is 0 Å². The lowest BCUT2D eigenvalue weighted by Crippen LogP contribution is -2.05. The van der Waals surface area contributed by atoms with Gasteiger partial charge in [-0.05, 0) is 24.1 Å². The number of carbonyl (C=O) groups excluding carboxylic acids is 1. The van der Waals surface area contributed by atoms with Gasteiger partial charge < -0.3 is 10.5 Å². The molecule has 0 aliphatic carbocycles. The van der Waals surface area contributed by atoms with Gasteiger partial charge in [0.2, 0.25) is 0 Å². The first-order valence-electron chi connectivity index (χ1n) is 4.89. The molecule has 16 heavy (non-hydrogen) atoms. The van der Waals surface area contributed by atoms with E-state index in [0.717, 1.165) is 17.3 Å². The maximum absolute atomic E-state index is 11.3. The molecule has 4 heteroatoms. The van der Waals surface area contributed by atoms with Crippen molar-refractivity contribution in [3.8, 4) is 0 Å². The number of ether oxygens (including phenoxy) is 1. The SMILES string of the molecule is COC(=O)c1ccc(C=CCCBr)cc1N. The Balaban J connectivity index is 2.86. The summed E-state index contributed by atoms with van der Waals surface area (Å²) in [5, 5.41) is 0.930. The Morgan fingerprint density at radius 2 is 2.31 bits per heavy atom. The van der Waals surface area contributed by atoms with Crippen LogP contribution in [0.4, 0.5) is 5.69 Å². The van der Waals surface area contributed by atoms with Crippen molar-refractivity contribution >= 4 is 33.7 Å². The first kappa shape index (κ1) is 12.8. The van der Waals surface area contributed by atoms with Crippen LogP contribution < -0.4 is 5.73 Å². The fourth-order valence-corrected chi connectivity index (χ4v) is 1.53. The minimum atomic E-state index is -0.409. The third-order valence-electron chi connectivity index (χ3n) is 2.07. The molecule has 0 aliphatic heterocycles. The smallest absolute Gasteiger partial charge is 0.339 e. The van der Waals surface area contributed by atoms with E-state index in [1.54, 1.807) is 12.1 Å². The maximum atomic E-state index is 11.3. The van der Waals surface area contributed by atoms with E-state index in [0.29, 0.717) is 11.3 Å². The highest BCUT2D eigenvalue weighted by Gasteiger charge is 2.08. The van der Waals surface area contributed by atoms with Gasteiger partial charge in [-0.1, -0.05) is 34.1 Å². The number of rotatable bonds is 4. The first-order valence-corrected chi connectivity index (χ1v) is 6.01. The summed E-state index contributed by atoms with van der Waals surface area (Å²) in [6.45, 7) is 0. The highest BCUT2D eigenvalue weighted by molar-refractivity contribution is 9.09. The molecule has 0 radical (unpaired) electrons. The van der Waals surface area contributed by atoms with Crippen LogP contribution in [0.1, 0.15) is 22.3 Å². The lowest BCUT2D eigenvalue weighted by Gasteiger charge is -2.04. The molecular formula is C12H14BrNO2. The van der Waals surface area contributed by atoms with Crippen LogP contribution in [0, 0.1) is 0 Å². The lowest BCUT2D eigenvalue weighted by atomic mass is 10.1. The monoisotopic (exact) mass is 283 g/mol. The standard InChI is InChI=1S/C12H14BrNO2/c1-16-12(15)10-6-5-9(8-11(10)14)4-2-3-7-13/h2,4-6,8H,3,7,14H2,1H3. The van der Waals surface area contributed by atoms with Crippen LogP contribution in [0.2, 0.25) is 0 Å². The number of nitrogens with two attached hydrogens (primary N) is 1. The third-order valence-corrected chi connectivity index (χ3v) is 2.52. The molecule has 0 heterocycles. The van der Waals surface area contributed by atoms with Gasteiger partial charge in [-0.15, -0.1) is 0 Å². The number of anilines is 1. The quantitative estimate of drug-likeness (QED) is 0.525. The molecule has 86 valence electrons. The zero-order valence-corrected chi connectivity index (χ0v) is 10.7. The van der Waals surface area contributed by atoms with E-state index < -0.39 is 5.97 Å².